The number of carbonyl (C=O) groups is 1. The molecule has 2 aromatic carbocycles. The molecule has 1 saturated heterocycles. The van der Waals surface area contributed by atoms with Gasteiger partial charge in [0.05, 0.1) is 30.3 Å². The number of likely N-dealkylation sites (tertiary alicyclic amines) is 1. The van der Waals surface area contributed by atoms with E-state index in [1.165, 1.54) is 31.5 Å². The van der Waals surface area contributed by atoms with Crippen LogP contribution in [0.5, 0.6) is 0 Å². The van der Waals surface area contributed by atoms with Crippen LogP contribution in [0.1, 0.15) is 30.4 Å². The largest absolute Gasteiger partial charge is 0.472 e. The Bertz CT molecular complexity index is 1360. The minimum Gasteiger partial charge on any atom is -0.472 e. The number of nitrogens with one attached hydrogen (secondary N) is 2. The molecule has 0 unspecified atom stereocenters. The number of amides is 1. The lowest BCUT2D eigenvalue weighted by Gasteiger charge is -2.15. The maximum atomic E-state index is 12.6. The van der Waals surface area contributed by atoms with Crippen molar-refractivity contribution >= 4 is 23.2 Å². The number of carbonyl (C=O) groups excluding carboxylic acids is 1. The highest BCUT2D eigenvalue weighted by Gasteiger charge is 2.21. The van der Waals surface area contributed by atoms with E-state index in [9.17, 15) is 4.79 Å². The molecule has 36 heavy (non-hydrogen) atoms. The van der Waals surface area contributed by atoms with E-state index in [0.29, 0.717) is 5.95 Å². The van der Waals surface area contributed by atoms with E-state index in [2.05, 4.69) is 38.7 Å². The average Bonchev–Trinajstić information content (AvgIpc) is 3.59. The van der Waals surface area contributed by atoms with Gasteiger partial charge in [0.2, 0.25) is 11.9 Å². The van der Waals surface area contributed by atoms with E-state index in [-0.39, 0.29) is 12.3 Å². The van der Waals surface area contributed by atoms with Crippen LogP contribution in [0.25, 0.3) is 22.4 Å². The lowest BCUT2D eigenvalue weighted by Crippen LogP contribution is -2.20. The van der Waals surface area contributed by atoms with Crippen LogP contribution in [-0.2, 0) is 17.6 Å². The summed E-state index contributed by atoms with van der Waals surface area (Å²) in [7, 11) is 0. The Kier molecular flexibility index (Phi) is 6.22. The smallest absolute Gasteiger partial charge is 0.228 e. The second kappa shape index (κ2) is 9.95. The van der Waals surface area contributed by atoms with Crippen LogP contribution in [0.2, 0.25) is 0 Å². The van der Waals surface area contributed by atoms with Gasteiger partial charge in [-0.2, -0.15) is 0 Å². The number of hydrogen-bond donors (Lipinski definition) is 2. The summed E-state index contributed by atoms with van der Waals surface area (Å²) in [5.41, 5.74) is 7.61. The first-order valence-corrected chi connectivity index (χ1v) is 12.6. The maximum Gasteiger partial charge on any atom is 0.228 e. The normalized spacial score (nSPS) is 15.2. The minimum atomic E-state index is -0.0386. The molecular formula is C29H29N5O2. The van der Waals surface area contributed by atoms with Crippen molar-refractivity contribution in [3.05, 3.63) is 78.4 Å². The molecule has 4 aromatic rings. The van der Waals surface area contributed by atoms with Crippen LogP contribution in [-0.4, -0.2) is 40.4 Å². The Morgan fingerprint density at radius 3 is 2.69 bits per heavy atom. The molecule has 2 aliphatic rings. The molecule has 0 aliphatic carbocycles. The molecule has 6 rings (SSSR count). The van der Waals surface area contributed by atoms with E-state index < -0.39 is 0 Å². The number of anilines is 3. The predicted octanol–water partition coefficient (Wildman–Crippen LogP) is 5.67. The summed E-state index contributed by atoms with van der Waals surface area (Å²) >= 11 is 0. The summed E-state index contributed by atoms with van der Waals surface area (Å²) in [5.74, 6) is 0.461. The van der Waals surface area contributed by atoms with Crippen LogP contribution >= 0.6 is 0 Å². The van der Waals surface area contributed by atoms with Crippen molar-refractivity contribution in [2.24, 2.45) is 0 Å². The van der Waals surface area contributed by atoms with Gasteiger partial charge in [-0.25, -0.2) is 9.97 Å². The number of furan rings is 1. The van der Waals surface area contributed by atoms with E-state index in [0.717, 1.165) is 58.7 Å². The van der Waals surface area contributed by atoms with Crippen molar-refractivity contribution in [3.8, 4) is 22.4 Å². The van der Waals surface area contributed by atoms with E-state index in [1.54, 1.807) is 18.7 Å². The topological polar surface area (TPSA) is 83.3 Å². The Balaban J connectivity index is 1.21. The molecule has 7 heteroatoms. The maximum absolute atomic E-state index is 12.6. The number of benzene rings is 2. The monoisotopic (exact) mass is 479 g/mol. The zero-order valence-electron chi connectivity index (χ0n) is 20.2. The van der Waals surface area contributed by atoms with E-state index in [4.69, 9.17) is 9.40 Å². The SMILES string of the molecule is O=C1Cc2cnc(Nc3ccc(-c4ccoc4)cc3)nc2-c2ccc(CCCN3CCCC3)cc2N1. The van der Waals surface area contributed by atoms with Crippen molar-refractivity contribution in [2.75, 3.05) is 30.3 Å². The van der Waals surface area contributed by atoms with Crippen molar-refractivity contribution in [1.82, 2.24) is 14.9 Å². The predicted molar refractivity (Wildman–Crippen MR) is 141 cm³/mol. The number of nitrogens with zero attached hydrogens (tertiary/aromatic N) is 3. The standard InChI is InChI=1S/C29H29N5O2/c35-27-17-23-18-30-29(31-24-8-6-21(7-9-24)22-11-15-36-19-22)33-28(23)25-10-5-20(16-26(25)32-27)4-3-14-34-12-1-2-13-34/h5-11,15-16,18-19H,1-4,12-14,17H2,(H,32,35)(H,30,31,33). The zero-order chi connectivity index (χ0) is 24.3. The lowest BCUT2D eigenvalue weighted by atomic mass is 10.0. The van der Waals surface area contributed by atoms with Gasteiger partial charge in [0.25, 0.3) is 0 Å². The second-order valence-corrected chi connectivity index (χ2v) is 9.54. The molecule has 0 atom stereocenters. The third-order valence-corrected chi connectivity index (χ3v) is 6.96. The first kappa shape index (κ1) is 22.5. The molecule has 7 nitrogen and oxygen atoms in total. The fraction of sp³-hybridized carbons (Fsp3) is 0.276. The molecule has 2 aliphatic heterocycles. The highest BCUT2D eigenvalue weighted by molar-refractivity contribution is 6.00. The molecule has 1 fully saturated rings. The van der Waals surface area contributed by atoms with Crippen molar-refractivity contribution < 1.29 is 9.21 Å². The summed E-state index contributed by atoms with van der Waals surface area (Å²) in [4.78, 5) is 24.5. The van der Waals surface area contributed by atoms with Gasteiger partial charge in [0, 0.05) is 28.6 Å². The fourth-order valence-corrected chi connectivity index (χ4v) is 5.07. The van der Waals surface area contributed by atoms with Gasteiger partial charge < -0.3 is 20.0 Å². The van der Waals surface area contributed by atoms with Crippen LogP contribution in [0.3, 0.4) is 0 Å². The number of rotatable bonds is 7. The van der Waals surface area contributed by atoms with Gasteiger partial charge in [-0.1, -0.05) is 24.3 Å². The third-order valence-electron chi connectivity index (χ3n) is 6.96. The van der Waals surface area contributed by atoms with Crippen LogP contribution in [0, 0.1) is 0 Å². The van der Waals surface area contributed by atoms with Gasteiger partial charge >= 0.3 is 0 Å². The summed E-state index contributed by atoms with van der Waals surface area (Å²) in [6.45, 7) is 3.58. The second-order valence-electron chi connectivity index (χ2n) is 9.54. The van der Waals surface area contributed by atoms with Crippen molar-refractivity contribution in [3.63, 3.8) is 0 Å². The Labute approximate surface area is 210 Å². The number of aromatic nitrogens is 2. The summed E-state index contributed by atoms with van der Waals surface area (Å²) in [6.07, 6.45) is 10.2. The summed E-state index contributed by atoms with van der Waals surface area (Å²) in [6, 6.07) is 16.3. The van der Waals surface area contributed by atoms with Gasteiger partial charge in [-0.15, -0.1) is 0 Å². The van der Waals surface area contributed by atoms with Gasteiger partial charge in [0.1, 0.15) is 0 Å². The number of aryl methyl sites for hydroxylation is 1. The molecule has 0 spiro atoms. The summed E-state index contributed by atoms with van der Waals surface area (Å²) in [5, 5.41) is 6.38. The van der Waals surface area contributed by atoms with Crippen LogP contribution in [0.15, 0.2) is 71.7 Å². The molecular weight excluding hydrogens is 450 g/mol. The Hall–Kier alpha value is -3.97. The average molecular weight is 480 g/mol. The van der Waals surface area contributed by atoms with Crippen LogP contribution in [0.4, 0.5) is 17.3 Å². The zero-order valence-corrected chi connectivity index (χ0v) is 20.2. The highest BCUT2D eigenvalue weighted by Crippen LogP contribution is 2.34. The lowest BCUT2D eigenvalue weighted by molar-refractivity contribution is -0.115. The number of fused-ring (bicyclic) bond motifs is 3. The Morgan fingerprint density at radius 2 is 1.89 bits per heavy atom. The quantitative estimate of drug-likeness (QED) is 0.355. The minimum absolute atomic E-state index is 0.0386. The fourth-order valence-electron chi connectivity index (χ4n) is 5.07. The molecule has 0 radical (unpaired) electrons. The molecule has 182 valence electrons. The molecule has 0 saturated carbocycles. The van der Waals surface area contributed by atoms with Gasteiger partial charge in [-0.3, -0.25) is 4.79 Å². The molecule has 1 amide bonds. The highest BCUT2D eigenvalue weighted by atomic mass is 16.3. The van der Waals surface area contributed by atoms with E-state index >= 15 is 0 Å². The van der Waals surface area contributed by atoms with Gasteiger partial charge in [0.15, 0.2) is 0 Å². The molecule has 4 heterocycles. The van der Waals surface area contributed by atoms with E-state index in [1.807, 2.05) is 30.3 Å². The third kappa shape index (κ3) is 4.88. The van der Waals surface area contributed by atoms with Crippen molar-refractivity contribution in [1.29, 1.82) is 0 Å². The Morgan fingerprint density at radius 1 is 1.03 bits per heavy atom. The van der Waals surface area contributed by atoms with Crippen LogP contribution < -0.4 is 10.6 Å². The first-order chi connectivity index (χ1) is 17.7. The molecule has 0 bridgehead atoms. The number of hydrogen-bond acceptors (Lipinski definition) is 6. The summed E-state index contributed by atoms with van der Waals surface area (Å²) < 4.78 is 5.18. The molecule has 2 aromatic heterocycles. The first-order valence-electron chi connectivity index (χ1n) is 12.6. The van der Waals surface area contributed by atoms with Crippen molar-refractivity contribution in [2.45, 2.75) is 32.1 Å². The molecule has 2 N–H and O–H groups in total. The van der Waals surface area contributed by atoms with Gasteiger partial charge in [-0.05, 0) is 80.7 Å².